The Labute approximate surface area is 131 Å². The molecule has 0 saturated carbocycles. The predicted molar refractivity (Wildman–Crippen MR) is 91.8 cm³/mol. The number of hydrogen-bond donors (Lipinski definition) is 2. The Kier molecular flexibility index (Phi) is 5.58. The van der Waals surface area contributed by atoms with Gasteiger partial charge in [0.25, 0.3) is 0 Å². The van der Waals surface area contributed by atoms with Crippen LogP contribution in [0.5, 0.6) is 5.75 Å². The average Bonchev–Trinajstić information content (AvgIpc) is 2.53. The Hall–Kier alpha value is -2.07. The third-order valence-corrected chi connectivity index (χ3v) is 3.46. The maximum Gasteiger partial charge on any atom is 0.171 e. The molecular weight excluding hydrogens is 280 g/mol. The summed E-state index contributed by atoms with van der Waals surface area (Å²) in [5.41, 5.74) is 2.14. The van der Waals surface area contributed by atoms with E-state index in [4.69, 9.17) is 17.0 Å². The van der Waals surface area contributed by atoms with E-state index >= 15 is 0 Å². The molecule has 0 radical (unpaired) electrons. The second-order valence-corrected chi connectivity index (χ2v) is 5.11. The molecule has 0 aliphatic heterocycles. The summed E-state index contributed by atoms with van der Waals surface area (Å²) in [6.45, 7) is 2.14. The van der Waals surface area contributed by atoms with Crippen LogP contribution in [0.2, 0.25) is 0 Å². The van der Waals surface area contributed by atoms with Gasteiger partial charge in [-0.2, -0.15) is 0 Å². The van der Waals surface area contributed by atoms with E-state index in [0.717, 1.165) is 17.9 Å². The van der Waals surface area contributed by atoms with Crippen molar-refractivity contribution in [3.8, 4) is 5.75 Å². The number of nitrogens with one attached hydrogen (secondary N) is 2. The second-order valence-electron chi connectivity index (χ2n) is 4.70. The van der Waals surface area contributed by atoms with Crippen LogP contribution in [0.25, 0.3) is 0 Å². The first kappa shape index (κ1) is 15.3. The molecule has 2 rings (SSSR count). The lowest BCUT2D eigenvalue weighted by Crippen LogP contribution is -2.32. The van der Waals surface area contributed by atoms with Gasteiger partial charge in [0.1, 0.15) is 5.75 Å². The molecular formula is C17H20N2OS. The molecule has 1 atom stereocenters. The van der Waals surface area contributed by atoms with Crippen LogP contribution in [0, 0.1) is 0 Å². The lowest BCUT2D eigenvalue weighted by atomic mass is 10.1. The van der Waals surface area contributed by atoms with Gasteiger partial charge < -0.3 is 15.4 Å². The maximum atomic E-state index is 5.40. The monoisotopic (exact) mass is 300 g/mol. The third kappa shape index (κ3) is 4.46. The highest BCUT2D eigenvalue weighted by Gasteiger charge is 2.10. The molecule has 21 heavy (non-hydrogen) atoms. The van der Waals surface area contributed by atoms with E-state index in [1.54, 1.807) is 7.11 Å². The van der Waals surface area contributed by atoms with Crippen molar-refractivity contribution in [2.75, 3.05) is 12.4 Å². The summed E-state index contributed by atoms with van der Waals surface area (Å²) in [5, 5.41) is 7.15. The summed E-state index contributed by atoms with van der Waals surface area (Å²) in [6, 6.07) is 18.2. The van der Waals surface area contributed by atoms with E-state index < -0.39 is 0 Å². The van der Waals surface area contributed by atoms with Gasteiger partial charge in [-0.25, -0.2) is 0 Å². The minimum Gasteiger partial charge on any atom is -0.497 e. The first-order valence-electron chi connectivity index (χ1n) is 6.99. The van der Waals surface area contributed by atoms with E-state index in [2.05, 4.69) is 29.7 Å². The van der Waals surface area contributed by atoms with Gasteiger partial charge in [0.15, 0.2) is 5.11 Å². The molecule has 0 heterocycles. The topological polar surface area (TPSA) is 33.3 Å². The van der Waals surface area contributed by atoms with E-state index in [0.29, 0.717) is 5.11 Å². The van der Waals surface area contributed by atoms with Crippen LogP contribution < -0.4 is 15.4 Å². The molecule has 0 fully saturated rings. The van der Waals surface area contributed by atoms with Gasteiger partial charge in [-0.3, -0.25) is 0 Å². The van der Waals surface area contributed by atoms with E-state index in [-0.39, 0.29) is 6.04 Å². The molecule has 0 spiro atoms. The Morgan fingerprint density at radius 1 is 1.14 bits per heavy atom. The first-order valence-corrected chi connectivity index (χ1v) is 7.40. The Morgan fingerprint density at radius 3 is 2.57 bits per heavy atom. The van der Waals surface area contributed by atoms with Crippen molar-refractivity contribution in [3.05, 3.63) is 60.2 Å². The fourth-order valence-corrected chi connectivity index (χ4v) is 2.39. The molecule has 0 saturated heterocycles. The van der Waals surface area contributed by atoms with Crippen molar-refractivity contribution in [3.63, 3.8) is 0 Å². The second kappa shape index (κ2) is 7.64. The first-order chi connectivity index (χ1) is 10.2. The molecule has 2 N–H and O–H groups in total. The largest absolute Gasteiger partial charge is 0.497 e. The molecule has 4 heteroatoms. The molecule has 0 aromatic heterocycles. The summed E-state index contributed by atoms with van der Waals surface area (Å²) in [7, 11) is 1.65. The van der Waals surface area contributed by atoms with Gasteiger partial charge in [0, 0.05) is 11.8 Å². The summed E-state index contributed by atoms with van der Waals surface area (Å²) in [6.07, 6.45) is 0.962. The third-order valence-electron chi connectivity index (χ3n) is 3.24. The van der Waals surface area contributed by atoms with Crippen molar-refractivity contribution >= 4 is 23.0 Å². The number of methoxy groups -OCH3 is 1. The highest BCUT2D eigenvalue weighted by Crippen LogP contribution is 2.18. The van der Waals surface area contributed by atoms with Crippen LogP contribution in [-0.4, -0.2) is 12.2 Å². The van der Waals surface area contributed by atoms with Crippen molar-refractivity contribution in [2.24, 2.45) is 0 Å². The van der Waals surface area contributed by atoms with Crippen LogP contribution in [0.1, 0.15) is 24.9 Å². The summed E-state index contributed by atoms with van der Waals surface area (Å²) in [5.74, 6) is 0.804. The quantitative estimate of drug-likeness (QED) is 0.813. The SMILES string of the molecule is CCC(NC(=S)Nc1cccc(OC)c1)c1ccccc1. The lowest BCUT2D eigenvalue weighted by molar-refractivity contribution is 0.415. The van der Waals surface area contributed by atoms with Crippen LogP contribution in [0.15, 0.2) is 54.6 Å². The zero-order valence-electron chi connectivity index (χ0n) is 12.3. The normalized spacial score (nSPS) is 11.5. The molecule has 2 aromatic rings. The fourth-order valence-electron chi connectivity index (χ4n) is 2.13. The zero-order valence-corrected chi connectivity index (χ0v) is 13.1. The highest BCUT2D eigenvalue weighted by atomic mass is 32.1. The number of ether oxygens (including phenoxy) is 1. The molecule has 0 amide bonds. The van der Waals surface area contributed by atoms with Crippen LogP contribution >= 0.6 is 12.2 Å². The zero-order chi connectivity index (χ0) is 15.1. The number of thiocarbonyl (C=S) groups is 1. The summed E-state index contributed by atoms with van der Waals surface area (Å²) >= 11 is 5.40. The van der Waals surface area contributed by atoms with E-state index in [1.165, 1.54) is 5.56 Å². The molecule has 0 aliphatic rings. The summed E-state index contributed by atoms with van der Waals surface area (Å²) < 4.78 is 5.20. The standard InChI is InChI=1S/C17H20N2OS/c1-3-16(13-8-5-4-6-9-13)19-17(21)18-14-10-7-11-15(12-14)20-2/h4-12,16H,3H2,1-2H3,(H2,18,19,21). The highest BCUT2D eigenvalue weighted by molar-refractivity contribution is 7.80. The number of anilines is 1. The van der Waals surface area contributed by atoms with E-state index in [9.17, 15) is 0 Å². The maximum absolute atomic E-state index is 5.40. The number of benzene rings is 2. The predicted octanol–water partition coefficient (Wildman–Crippen LogP) is 4.13. The number of hydrogen-bond acceptors (Lipinski definition) is 2. The van der Waals surface area contributed by atoms with Crippen molar-refractivity contribution in [1.29, 1.82) is 0 Å². The van der Waals surface area contributed by atoms with Crippen molar-refractivity contribution < 1.29 is 4.74 Å². The molecule has 0 bridgehead atoms. The van der Waals surface area contributed by atoms with Crippen molar-refractivity contribution in [1.82, 2.24) is 5.32 Å². The Balaban J connectivity index is 2.00. The lowest BCUT2D eigenvalue weighted by Gasteiger charge is -2.20. The Morgan fingerprint density at radius 2 is 1.90 bits per heavy atom. The minimum atomic E-state index is 0.205. The summed E-state index contributed by atoms with van der Waals surface area (Å²) in [4.78, 5) is 0. The van der Waals surface area contributed by atoms with Gasteiger partial charge >= 0.3 is 0 Å². The van der Waals surface area contributed by atoms with Gasteiger partial charge in [-0.05, 0) is 36.3 Å². The van der Waals surface area contributed by atoms with Crippen LogP contribution in [-0.2, 0) is 0 Å². The van der Waals surface area contributed by atoms with Gasteiger partial charge in [-0.1, -0.05) is 43.3 Å². The van der Waals surface area contributed by atoms with Crippen LogP contribution in [0.3, 0.4) is 0 Å². The smallest absolute Gasteiger partial charge is 0.171 e. The van der Waals surface area contributed by atoms with Gasteiger partial charge in [-0.15, -0.1) is 0 Å². The van der Waals surface area contributed by atoms with Gasteiger partial charge in [0.2, 0.25) is 0 Å². The fraction of sp³-hybridized carbons (Fsp3) is 0.235. The van der Waals surface area contributed by atoms with Crippen LogP contribution in [0.4, 0.5) is 5.69 Å². The van der Waals surface area contributed by atoms with Crippen molar-refractivity contribution in [2.45, 2.75) is 19.4 Å². The van der Waals surface area contributed by atoms with Gasteiger partial charge in [0.05, 0.1) is 13.2 Å². The Bertz CT molecular complexity index is 586. The molecule has 0 aliphatic carbocycles. The molecule has 1 unspecified atom stereocenters. The molecule has 110 valence electrons. The average molecular weight is 300 g/mol. The van der Waals surface area contributed by atoms with E-state index in [1.807, 2.05) is 42.5 Å². The number of rotatable bonds is 5. The molecule has 2 aromatic carbocycles. The minimum absolute atomic E-state index is 0.205. The molecule has 3 nitrogen and oxygen atoms in total.